The number of nitrogens with one attached hydrogen (secondary N) is 1. The van der Waals surface area contributed by atoms with Crippen LogP contribution < -0.4 is 15.8 Å². The summed E-state index contributed by atoms with van der Waals surface area (Å²) in [6.45, 7) is 2.18. The molecule has 2 amide bonds. The van der Waals surface area contributed by atoms with Gasteiger partial charge in [0.25, 0.3) is 11.8 Å². The van der Waals surface area contributed by atoms with E-state index in [1.165, 1.54) is 0 Å². The molecule has 0 saturated carbocycles. The molecule has 1 saturated heterocycles. The van der Waals surface area contributed by atoms with E-state index in [1.54, 1.807) is 18.2 Å². The third kappa shape index (κ3) is 3.34. The molecule has 2 heterocycles. The number of anilines is 1. The van der Waals surface area contributed by atoms with E-state index in [9.17, 15) is 9.59 Å². The molecule has 0 spiro atoms. The lowest BCUT2D eigenvalue weighted by Crippen LogP contribution is -2.40. The van der Waals surface area contributed by atoms with E-state index in [2.05, 4.69) is 5.32 Å². The maximum absolute atomic E-state index is 12.5. The summed E-state index contributed by atoms with van der Waals surface area (Å²) in [5.41, 5.74) is 6.81. The lowest BCUT2D eigenvalue weighted by Gasteiger charge is -2.31. The van der Waals surface area contributed by atoms with E-state index in [0.29, 0.717) is 29.5 Å². The SMILES string of the molecule is Cl.NCC1CCN(C(=O)c2ccc3c(c2)NC(=O)CO3)CC1. The summed E-state index contributed by atoms with van der Waals surface area (Å²) in [5, 5.41) is 2.72. The zero-order valence-electron chi connectivity index (χ0n) is 12.2. The van der Waals surface area contributed by atoms with Gasteiger partial charge < -0.3 is 20.7 Å². The fourth-order valence-corrected chi connectivity index (χ4v) is 2.77. The predicted octanol–water partition coefficient (Wildman–Crippen LogP) is 1.25. The van der Waals surface area contributed by atoms with Crippen LogP contribution in [-0.4, -0.2) is 43.0 Å². The van der Waals surface area contributed by atoms with E-state index in [0.717, 1.165) is 25.9 Å². The van der Waals surface area contributed by atoms with Gasteiger partial charge in [0.15, 0.2) is 6.61 Å². The molecular weight excluding hydrogens is 306 g/mol. The van der Waals surface area contributed by atoms with Crippen molar-refractivity contribution in [1.82, 2.24) is 4.90 Å². The van der Waals surface area contributed by atoms with Gasteiger partial charge in [0.2, 0.25) is 0 Å². The summed E-state index contributed by atoms with van der Waals surface area (Å²) < 4.78 is 5.29. The Morgan fingerprint density at radius 1 is 1.36 bits per heavy atom. The van der Waals surface area contributed by atoms with Crippen LogP contribution in [0.2, 0.25) is 0 Å². The number of rotatable bonds is 2. The Labute approximate surface area is 135 Å². The molecule has 7 heteroatoms. The number of ether oxygens (including phenoxy) is 1. The molecular formula is C15H20ClN3O3. The zero-order valence-corrected chi connectivity index (χ0v) is 13.0. The van der Waals surface area contributed by atoms with Gasteiger partial charge in [0, 0.05) is 18.7 Å². The lowest BCUT2D eigenvalue weighted by atomic mass is 9.96. The number of nitrogens with zero attached hydrogens (tertiary/aromatic N) is 1. The highest BCUT2D eigenvalue weighted by molar-refractivity contribution is 5.99. The predicted molar refractivity (Wildman–Crippen MR) is 85.5 cm³/mol. The number of carbonyl (C=O) groups excluding carboxylic acids is 2. The lowest BCUT2D eigenvalue weighted by molar-refractivity contribution is -0.118. The van der Waals surface area contributed by atoms with Crippen molar-refractivity contribution in [1.29, 1.82) is 0 Å². The van der Waals surface area contributed by atoms with Crippen LogP contribution in [-0.2, 0) is 4.79 Å². The standard InChI is InChI=1S/C15H19N3O3.ClH/c16-8-10-3-5-18(6-4-10)15(20)11-1-2-13-12(7-11)17-14(19)9-21-13;/h1-2,7,10H,3-6,8-9,16H2,(H,17,19);1H. The minimum Gasteiger partial charge on any atom is -0.482 e. The Balaban J connectivity index is 0.00000176. The normalized spacial score (nSPS) is 17.9. The van der Waals surface area contributed by atoms with E-state index in [4.69, 9.17) is 10.5 Å². The third-order valence-corrected chi connectivity index (χ3v) is 4.09. The summed E-state index contributed by atoms with van der Waals surface area (Å²) in [4.78, 5) is 25.7. The van der Waals surface area contributed by atoms with Gasteiger partial charge in [-0.2, -0.15) is 0 Å². The Bertz CT molecular complexity index is 571. The maximum atomic E-state index is 12.5. The van der Waals surface area contributed by atoms with Crippen molar-refractivity contribution < 1.29 is 14.3 Å². The van der Waals surface area contributed by atoms with Crippen LogP contribution in [0.15, 0.2) is 18.2 Å². The van der Waals surface area contributed by atoms with Crippen LogP contribution in [0.25, 0.3) is 0 Å². The minimum atomic E-state index is -0.198. The highest BCUT2D eigenvalue weighted by atomic mass is 35.5. The number of amides is 2. The third-order valence-electron chi connectivity index (χ3n) is 4.09. The molecule has 3 N–H and O–H groups in total. The number of halogens is 1. The van der Waals surface area contributed by atoms with Gasteiger partial charge >= 0.3 is 0 Å². The number of fused-ring (bicyclic) bond motifs is 1. The Morgan fingerprint density at radius 2 is 2.09 bits per heavy atom. The van der Waals surface area contributed by atoms with Gasteiger partial charge in [-0.3, -0.25) is 9.59 Å². The van der Waals surface area contributed by atoms with Crippen molar-refractivity contribution in [2.24, 2.45) is 11.7 Å². The van der Waals surface area contributed by atoms with Crippen molar-refractivity contribution in [3.05, 3.63) is 23.8 Å². The summed E-state index contributed by atoms with van der Waals surface area (Å²) in [6.07, 6.45) is 1.90. The molecule has 22 heavy (non-hydrogen) atoms. The number of likely N-dealkylation sites (tertiary alicyclic amines) is 1. The first-order chi connectivity index (χ1) is 10.2. The smallest absolute Gasteiger partial charge is 0.262 e. The molecule has 1 aromatic rings. The molecule has 2 aliphatic rings. The molecule has 0 unspecified atom stereocenters. The first-order valence-corrected chi connectivity index (χ1v) is 7.23. The van der Waals surface area contributed by atoms with Gasteiger partial charge in [-0.25, -0.2) is 0 Å². The molecule has 2 aliphatic heterocycles. The molecule has 0 atom stereocenters. The van der Waals surface area contributed by atoms with E-state index < -0.39 is 0 Å². The molecule has 0 aliphatic carbocycles. The second-order valence-electron chi connectivity index (χ2n) is 5.52. The van der Waals surface area contributed by atoms with Crippen molar-refractivity contribution in [3.8, 4) is 5.75 Å². The first kappa shape index (κ1) is 16.6. The average molecular weight is 326 g/mol. The van der Waals surface area contributed by atoms with Crippen LogP contribution in [0.5, 0.6) is 5.75 Å². The van der Waals surface area contributed by atoms with Crippen molar-refractivity contribution >= 4 is 29.9 Å². The van der Waals surface area contributed by atoms with E-state index in [-0.39, 0.29) is 30.8 Å². The molecule has 3 rings (SSSR count). The quantitative estimate of drug-likeness (QED) is 0.857. The Hall–Kier alpha value is -1.79. The molecule has 6 nitrogen and oxygen atoms in total. The molecule has 0 radical (unpaired) electrons. The number of nitrogens with two attached hydrogens (primary N) is 1. The molecule has 0 bridgehead atoms. The highest BCUT2D eigenvalue weighted by Gasteiger charge is 2.24. The minimum absolute atomic E-state index is 0. The number of hydrogen-bond acceptors (Lipinski definition) is 4. The van der Waals surface area contributed by atoms with Crippen LogP contribution >= 0.6 is 12.4 Å². The summed E-state index contributed by atoms with van der Waals surface area (Å²) in [6, 6.07) is 5.16. The topological polar surface area (TPSA) is 84.7 Å². The summed E-state index contributed by atoms with van der Waals surface area (Å²) >= 11 is 0. The van der Waals surface area contributed by atoms with Gasteiger partial charge in [-0.05, 0) is 43.5 Å². The molecule has 1 aromatic carbocycles. The monoisotopic (exact) mass is 325 g/mol. The highest BCUT2D eigenvalue weighted by Crippen LogP contribution is 2.29. The van der Waals surface area contributed by atoms with Crippen LogP contribution in [0.4, 0.5) is 5.69 Å². The van der Waals surface area contributed by atoms with Gasteiger partial charge in [0.1, 0.15) is 5.75 Å². The molecule has 0 aromatic heterocycles. The number of hydrogen-bond donors (Lipinski definition) is 2. The van der Waals surface area contributed by atoms with Gasteiger partial charge in [-0.1, -0.05) is 0 Å². The molecule has 1 fully saturated rings. The van der Waals surface area contributed by atoms with Crippen molar-refractivity contribution in [2.75, 3.05) is 31.6 Å². The summed E-state index contributed by atoms with van der Waals surface area (Å²) in [7, 11) is 0. The second kappa shape index (κ2) is 6.98. The number of carbonyl (C=O) groups is 2. The second-order valence-corrected chi connectivity index (χ2v) is 5.52. The average Bonchev–Trinajstić information content (AvgIpc) is 2.53. The van der Waals surface area contributed by atoms with Crippen molar-refractivity contribution in [2.45, 2.75) is 12.8 Å². The molecule has 120 valence electrons. The Kier molecular flexibility index (Phi) is 5.26. The van der Waals surface area contributed by atoms with Gasteiger partial charge in [0.05, 0.1) is 5.69 Å². The van der Waals surface area contributed by atoms with Crippen LogP contribution in [0, 0.1) is 5.92 Å². The van der Waals surface area contributed by atoms with Crippen molar-refractivity contribution in [3.63, 3.8) is 0 Å². The fraction of sp³-hybridized carbons (Fsp3) is 0.467. The fourth-order valence-electron chi connectivity index (χ4n) is 2.77. The summed E-state index contributed by atoms with van der Waals surface area (Å²) in [5.74, 6) is 0.919. The largest absolute Gasteiger partial charge is 0.482 e. The van der Waals surface area contributed by atoms with Gasteiger partial charge in [-0.15, -0.1) is 12.4 Å². The van der Waals surface area contributed by atoms with Crippen LogP contribution in [0.3, 0.4) is 0 Å². The zero-order chi connectivity index (χ0) is 14.8. The van der Waals surface area contributed by atoms with E-state index >= 15 is 0 Å². The maximum Gasteiger partial charge on any atom is 0.262 e. The number of piperidine rings is 1. The first-order valence-electron chi connectivity index (χ1n) is 7.23. The number of benzene rings is 1. The van der Waals surface area contributed by atoms with E-state index in [1.807, 2.05) is 4.90 Å². The van der Waals surface area contributed by atoms with Crippen LogP contribution in [0.1, 0.15) is 23.2 Å². The Morgan fingerprint density at radius 3 is 2.77 bits per heavy atom.